The molecule has 1 aliphatic heterocycles. The summed E-state index contributed by atoms with van der Waals surface area (Å²) in [6.45, 7) is 7.53. The molecule has 7 heteroatoms. The molecule has 1 unspecified atom stereocenters. The van der Waals surface area contributed by atoms with Crippen LogP contribution in [0.15, 0.2) is 23.5 Å². The number of nitrogens with zero attached hydrogens (tertiary/aromatic N) is 2. The second kappa shape index (κ2) is 6.30. The van der Waals surface area contributed by atoms with Crippen molar-refractivity contribution in [3.8, 4) is 0 Å². The van der Waals surface area contributed by atoms with Crippen molar-refractivity contribution in [1.29, 1.82) is 0 Å². The zero-order valence-electron chi connectivity index (χ0n) is 13.3. The highest BCUT2D eigenvalue weighted by Crippen LogP contribution is 2.31. The molecule has 0 fully saturated rings. The van der Waals surface area contributed by atoms with Crippen molar-refractivity contribution >= 4 is 39.6 Å². The highest BCUT2D eigenvalue weighted by atomic mass is 35.5. The van der Waals surface area contributed by atoms with Gasteiger partial charge in [0.2, 0.25) is 0 Å². The lowest BCUT2D eigenvalue weighted by Crippen LogP contribution is -2.33. The molecule has 0 aromatic carbocycles. The normalized spacial score (nSPS) is 18.2. The molecule has 0 radical (unpaired) electrons. The number of carbonyl (C=O) groups is 1. The summed E-state index contributed by atoms with van der Waals surface area (Å²) in [5.41, 5.74) is 0.517. The van der Waals surface area contributed by atoms with E-state index in [2.05, 4.69) is 10.3 Å². The summed E-state index contributed by atoms with van der Waals surface area (Å²) in [5, 5.41) is 5.34. The highest BCUT2D eigenvalue weighted by Gasteiger charge is 2.23. The zero-order valence-corrected chi connectivity index (χ0v) is 14.9. The summed E-state index contributed by atoms with van der Waals surface area (Å²) >= 11 is 7.38. The Kier molecular flexibility index (Phi) is 4.82. The van der Waals surface area contributed by atoms with Crippen molar-refractivity contribution in [2.45, 2.75) is 39.3 Å². The van der Waals surface area contributed by atoms with Crippen LogP contribution in [0.3, 0.4) is 0 Å². The Labute approximate surface area is 139 Å². The SMILES string of the molecule is CC1NC(Cl)=CC=C1c1ncc(N(C)C(=O)OC(C)(C)C)s1. The molecule has 1 aliphatic rings. The van der Waals surface area contributed by atoms with Crippen molar-refractivity contribution in [3.05, 3.63) is 28.5 Å². The van der Waals surface area contributed by atoms with Crippen LogP contribution in [-0.4, -0.2) is 29.8 Å². The van der Waals surface area contributed by atoms with Gasteiger partial charge < -0.3 is 10.1 Å². The quantitative estimate of drug-likeness (QED) is 0.827. The van der Waals surface area contributed by atoms with Crippen LogP contribution in [0.1, 0.15) is 32.7 Å². The van der Waals surface area contributed by atoms with E-state index in [1.54, 1.807) is 19.3 Å². The van der Waals surface area contributed by atoms with Gasteiger partial charge in [0.15, 0.2) is 0 Å². The van der Waals surface area contributed by atoms with Crippen molar-refractivity contribution in [3.63, 3.8) is 0 Å². The Morgan fingerprint density at radius 2 is 2.14 bits per heavy atom. The van der Waals surface area contributed by atoms with Gasteiger partial charge in [0.25, 0.3) is 0 Å². The standard InChI is InChI=1S/C15H20ClN3O2S/c1-9-10(6-7-11(16)18-9)13-17-8-12(22-13)19(5)14(20)21-15(2,3)4/h6-9,18H,1-5H3. The Balaban J connectivity index is 2.16. The van der Waals surface area contributed by atoms with Crippen LogP contribution < -0.4 is 10.2 Å². The smallest absolute Gasteiger partial charge is 0.415 e. The number of hydrogen-bond acceptors (Lipinski definition) is 5. The van der Waals surface area contributed by atoms with Crippen LogP contribution in [0.5, 0.6) is 0 Å². The van der Waals surface area contributed by atoms with E-state index in [0.717, 1.165) is 15.6 Å². The third kappa shape index (κ3) is 4.01. The number of amides is 1. The number of hydrogen-bond donors (Lipinski definition) is 1. The monoisotopic (exact) mass is 341 g/mol. The Morgan fingerprint density at radius 1 is 1.45 bits per heavy atom. The fourth-order valence-electron chi connectivity index (χ4n) is 1.87. The second-order valence-corrected chi connectivity index (χ2v) is 7.46. The lowest BCUT2D eigenvalue weighted by atomic mass is 10.1. The first-order valence-electron chi connectivity index (χ1n) is 6.94. The number of allylic oxidation sites excluding steroid dienone is 2. The Hall–Kier alpha value is -1.53. The molecule has 1 amide bonds. The predicted octanol–water partition coefficient (Wildman–Crippen LogP) is 3.97. The average molecular weight is 342 g/mol. The van der Waals surface area contributed by atoms with Gasteiger partial charge in [-0.3, -0.25) is 4.90 Å². The Morgan fingerprint density at radius 3 is 2.73 bits per heavy atom. The molecule has 0 bridgehead atoms. The summed E-state index contributed by atoms with van der Waals surface area (Å²) in [7, 11) is 1.68. The molecule has 1 aromatic heterocycles. The van der Waals surface area contributed by atoms with Gasteiger partial charge >= 0.3 is 6.09 Å². The molecule has 1 aromatic rings. The minimum atomic E-state index is -0.523. The van der Waals surface area contributed by atoms with E-state index in [9.17, 15) is 4.79 Å². The van der Waals surface area contributed by atoms with E-state index in [4.69, 9.17) is 16.3 Å². The molecular formula is C15H20ClN3O2S. The lowest BCUT2D eigenvalue weighted by Gasteiger charge is -2.23. The van der Waals surface area contributed by atoms with Gasteiger partial charge in [-0.05, 0) is 33.8 Å². The molecule has 120 valence electrons. The van der Waals surface area contributed by atoms with Crippen LogP contribution >= 0.6 is 22.9 Å². The second-order valence-electron chi connectivity index (χ2n) is 6.05. The predicted molar refractivity (Wildman–Crippen MR) is 91.3 cm³/mol. The van der Waals surface area contributed by atoms with E-state index in [0.29, 0.717) is 5.16 Å². The van der Waals surface area contributed by atoms with Gasteiger partial charge in [0.1, 0.15) is 20.8 Å². The maximum atomic E-state index is 12.1. The first kappa shape index (κ1) is 16.8. The van der Waals surface area contributed by atoms with Crippen LogP contribution in [0.2, 0.25) is 0 Å². The van der Waals surface area contributed by atoms with Crippen LogP contribution in [0, 0.1) is 0 Å². The first-order chi connectivity index (χ1) is 10.2. The van der Waals surface area contributed by atoms with Crippen molar-refractivity contribution in [2.24, 2.45) is 0 Å². The maximum Gasteiger partial charge on any atom is 0.415 e. The van der Waals surface area contributed by atoms with E-state index in [1.165, 1.54) is 16.2 Å². The van der Waals surface area contributed by atoms with Crippen molar-refractivity contribution in [1.82, 2.24) is 10.3 Å². The number of anilines is 1. The molecule has 0 aliphatic carbocycles. The lowest BCUT2D eigenvalue weighted by molar-refractivity contribution is 0.0590. The van der Waals surface area contributed by atoms with Gasteiger partial charge in [-0.1, -0.05) is 29.0 Å². The molecule has 0 saturated heterocycles. The third-order valence-electron chi connectivity index (χ3n) is 2.97. The fraction of sp³-hybridized carbons (Fsp3) is 0.467. The number of thiazole rings is 1. The molecule has 0 saturated carbocycles. The summed E-state index contributed by atoms with van der Waals surface area (Å²) < 4.78 is 5.36. The van der Waals surface area contributed by atoms with Gasteiger partial charge in [-0.25, -0.2) is 9.78 Å². The number of ether oxygens (including phenoxy) is 1. The van der Waals surface area contributed by atoms with Crippen LogP contribution in [0.25, 0.3) is 5.57 Å². The summed E-state index contributed by atoms with van der Waals surface area (Å²) in [6, 6.07) is 0.0725. The van der Waals surface area contributed by atoms with Crippen LogP contribution in [-0.2, 0) is 4.74 Å². The minimum absolute atomic E-state index is 0.0725. The molecule has 5 nitrogen and oxygen atoms in total. The van der Waals surface area contributed by atoms with E-state index >= 15 is 0 Å². The number of nitrogens with one attached hydrogen (secondary N) is 1. The number of halogens is 1. The number of rotatable bonds is 2. The molecule has 1 atom stereocenters. The zero-order chi connectivity index (χ0) is 16.5. The van der Waals surface area contributed by atoms with Gasteiger partial charge in [-0.2, -0.15) is 0 Å². The van der Waals surface area contributed by atoms with E-state index in [-0.39, 0.29) is 6.04 Å². The highest BCUT2D eigenvalue weighted by molar-refractivity contribution is 7.16. The van der Waals surface area contributed by atoms with Crippen molar-refractivity contribution < 1.29 is 9.53 Å². The fourth-order valence-corrected chi connectivity index (χ4v) is 3.08. The van der Waals surface area contributed by atoms with Gasteiger partial charge in [0.05, 0.1) is 12.2 Å². The number of aromatic nitrogens is 1. The van der Waals surface area contributed by atoms with Gasteiger partial charge in [-0.15, -0.1) is 0 Å². The minimum Gasteiger partial charge on any atom is -0.443 e. The topological polar surface area (TPSA) is 54.5 Å². The summed E-state index contributed by atoms with van der Waals surface area (Å²) in [4.78, 5) is 18.0. The summed E-state index contributed by atoms with van der Waals surface area (Å²) in [6.07, 6.45) is 5.03. The Bertz CT molecular complexity index is 631. The molecule has 2 rings (SSSR count). The molecule has 22 heavy (non-hydrogen) atoms. The number of carbonyl (C=O) groups excluding carboxylic acids is 1. The van der Waals surface area contributed by atoms with Gasteiger partial charge in [0, 0.05) is 12.6 Å². The summed E-state index contributed by atoms with van der Waals surface area (Å²) in [5.74, 6) is 0. The van der Waals surface area contributed by atoms with E-state index < -0.39 is 11.7 Å². The average Bonchev–Trinajstić information content (AvgIpc) is 2.85. The molecule has 1 N–H and O–H groups in total. The third-order valence-corrected chi connectivity index (χ3v) is 4.33. The number of dihydropyridines is 1. The molecule has 0 spiro atoms. The van der Waals surface area contributed by atoms with Crippen molar-refractivity contribution in [2.75, 3.05) is 11.9 Å². The molecule has 2 heterocycles. The first-order valence-corrected chi connectivity index (χ1v) is 8.13. The largest absolute Gasteiger partial charge is 0.443 e. The maximum absolute atomic E-state index is 12.1. The van der Waals surface area contributed by atoms with Crippen LogP contribution in [0.4, 0.5) is 9.80 Å². The molecular weight excluding hydrogens is 322 g/mol. The van der Waals surface area contributed by atoms with E-state index in [1.807, 2.05) is 33.8 Å².